The lowest BCUT2D eigenvalue weighted by Gasteiger charge is -1.90. The monoisotopic (exact) mass is 131 g/mol. The predicted octanol–water partition coefficient (Wildman–Crippen LogP) is 0.351. The molecular formula is C5H10FN3. The molecule has 0 bridgehead atoms. The third-order valence-electron chi connectivity index (χ3n) is 0.596. The van der Waals surface area contributed by atoms with Gasteiger partial charge in [0.05, 0.1) is 0 Å². The van der Waals surface area contributed by atoms with E-state index in [9.17, 15) is 4.39 Å². The Morgan fingerprint density at radius 2 is 2.56 bits per heavy atom. The van der Waals surface area contributed by atoms with Crippen LogP contribution in [0.2, 0.25) is 0 Å². The minimum atomic E-state index is -0.612. The second-order valence-electron chi connectivity index (χ2n) is 1.27. The van der Waals surface area contributed by atoms with Crippen LogP contribution in [0.4, 0.5) is 4.39 Å². The molecule has 0 aromatic rings. The zero-order valence-corrected chi connectivity index (χ0v) is 5.26. The van der Waals surface area contributed by atoms with Crippen molar-refractivity contribution in [2.75, 3.05) is 6.54 Å². The van der Waals surface area contributed by atoms with E-state index in [4.69, 9.17) is 5.73 Å². The fraction of sp³-hybridized carbons (Fsp3) is 0.400. The van der Waals surface area contributed by atoms with Gasteiger partial charge in [-0.05, 0) is 6.92 Å². The largest absolute Gasteiger partial charge is 0.403 e. The van der Waals surface area contributed by atoms with Crippen LogP contribution in [-0.2, 0) is 0 Å². The zero-order valence-electron chi connectivity index (χ0n) is 5.26. The van der Waals surface area contributed by atoms with E-state index in [0.717, 1.165) is 0 Å². The smallest absolute Gasteiger partial charge is 0.281 e. The van der Waals surface area contributed by atoms with Gasteiger partial charge in [0.1, 0.15) is 0 Å². The van der Waals surface area contributed by atoms with E-state index < -0.39 is 6.09 Å². The molecule has 52 valence electrons. The Balaban J connectivity index is 3.49. The minimum absolute atomic E-state index is 0.428. The van der Waals surface area contributed by atoms with Gasteiger partial charge < -0.3 is 11.1 Å². The number of nitrogens with zero attached hydrogens (tertiary/aromatic N) is 1. The second kappa shape index (κ2) is 5.08. The van der Waals surface area contributed by atoms with Gasteiger partial charge >= 0.3 is 0 Å². The summed E-state index contributed by atoms with van der Waals surface area (Å²) < 4.78 is 12.1. The Hall–Kier alpha value is -1.06. The number of aliphatic imine (C=N–C) groups is 1. The first-order valence-electron chi connectivity index (χ1n) is 2.64. The molecule has 0 aliphatic heterocycles. The van der Waals surface area contributed by atoms with Crippen LogP contribution in [0, 0.1) is 0 Å². The summed E-state index contributed by atoms with van der Waals surface area (Å²) in [7, 11) is 0. The van der Waals surface area contributed by atoms with Crippen molar-refractivity contribution in [2.45, 2.75) is 6.92 Å². The summed E-state index contributed by atoms with van der Waals surface area (Å²) in [5, 5.41) is 2.21. The third kappa shape index (κ3) is 4.80. The van der Waals surface area contributed by atoms with Gasteiger partial charge in [-0.25, -0.2) is 4.99 Å². The number of hydrogen-bond acceptors (Lipinski definition) is 2. The molecule has 0 aliphatic rings. The molecule has 0 amide bonds. The number of nitrogens with two attached hydrogens (primary N) is 1. The van der Waals surface area contributed by atoms with Crippen LogP contribution in [0.15, 0.2) is 17.4 Å². The van der Waals surface area contributed by atoms with Crippen LogP contribution in [0.3, 0.4) is 0 Å². The summed E-state index contributed by atoms with van der Waals surface area (Å²) >= 11 is 0. The maximum Gasteiger partial charge on any atom is 0.281 e. The van der Waals surface area contributed by atoms with E-state index in [1.54, 1.807) is 6.92 Å². The Morgan fingerprint density at radius 1 is 1.89 bits per heavy atom. The molecule has 0 spiro atoms. The number of nitrogens with one attached hydrogen (secondary N) is 1. The van der Waals surface area contributed by atoms with Crippen molar-refractivity contribution >= 4 is 6.09 Å². The average molecular weight is 131 g/mol. The molecule has 4 heteroatoms. The lowest BCUT2D eigenvalue weighted by molar-refractivity contribution is 0.749. The van der Waals surface area contributed by atoms with Crippen molar-refractivity contribution in [3.63, 3.8) is 0 Å². The fourth-order valence-corrected chi connectivity index (χ4v) is 0.301. The number of halogens is 1. The second-order valence-corrected chi connectivity index (χ2v) is 1.27. The highest BCUT2D eigenvalue weighted by Crippen LogP contribution is 1.74. The Kier molecular flexibility index (Phi) is 4.49. The van der Waals surface area contributed by atoms with Gasteiger partial charge in [-0.3, -0.25) is 0 Å². The van der Waals surface area contributed by atoms with Gasteiger partial charge in [-0.15, -0.1) is 0 Å². The van der Waals surface area contributed by atoms with Crippen molar-refractivity contribution in [1.82, 2.24) is 5.32 Å². The maximum atomic E-state index is 12.1. The molecule has 0 unspecified atom stereocenters. The van der Waals surface area contributed by atoms with Crippen LogP contribution < -0.4 is 11.1 Å². The van der Waals surface area contributed by atoms with Crippen LogP contribution in [0.25, 0.3) is 0 Å². The molecule has 0 aromatic carbocycles. The topological polar surface area (TPSA) is 50.4 Å². The van der Waals surface area contributed by atoms with Crippen LogP contribution in [0.1, 0.15) is 6.92 Å². The summed E-state index contributed by atoms with van der Waals surface area (Å²) in [6.45, 7) is 2.17. The predicted molar refractivity (Wildman–Crippen MR) is 35.5 cm³/mol. The third-order valence-corrected chi connectivity index (χ3v) is 0.596. The first kappa shape index (κ1) is 7.94. The molecule has 0 atom stereocenters. The van der Waals surface area contributed by atoms with E-state index in [-0.39, 0.29) is 0 Å². The number of hydrogen-bond donors (Lipinski definition) is 2. The molecule has 0 fully saturated rings. The minimum Gasteiger partial charge on any atom is -0.403 e. The highest BCUT2D eigenvalue weighted by Gasteiger charge is 1.85. The van der Waals surface area contributed by atoms with Crippen molar-refractivity contribution < 1.29 is 4.39 Å². The molecule has 0 rings (SSSR count). The summed E-state index contributed by atoms with van der Waals surface area (Å²) in [6, 6.07) is 0. The molecule has 0 saturated heterocycles. The summed E-state index contributed by atoms with van der Waals surface area (Å²) in [5.41, 5.74) is 4.91. The lowest BCUT2D eigenvalue weighted by Crippen LogP contribution is -2.12. The lowest BCUT2D eigenvalue weighted by atomic mass is 10.8. The Labute approximate surface area is 53.5 Å². The Morgan fingerprint density at radius 3 is 3.00 bits per heavy atom. The number of amidine groups is 1. The number of rotatable bonds is 2. The standard InChI is InChI=1S/C5H10FN3/c1-2-8-5(6)9-4-3-7/h3-4H,2,7H2,1H3,(H,8,9)/b4-3-. The molecule has 9 heavy (non-hydrogen) atoms. The normalized spacial score (nSPS) is 12.4. The maximum absolute atomic E-state index is 12.1. The quantitative estimate of drug-likeness (QED) is 0.323. The van der Waals surface area contributed by atoms with Crippen LogP contribution >= 0.6 is 0 Å². The molecule has 0 heterocycles. The highest BCUT2D eigenvalue weighted by molar-refractivity contribution is 5.73. The van der Waals surface area contributed by atoms with Crippen molar-refractivity contribution in [2.24, 2.45) is 10.7 Å². The molecule has 0 radical (unpaired) electrons. The molecule has 3 nitrogen and oxygen atoms in total. The van der Waals surface area contributed by atoms with Crippen molar-refractivity contribution in [3.8, 4) is 0 Å². The molecule has 3 N–H and O–H groups in total. The van der Waals surface area contributed by atoms with Gasteiger partial charge in [0.2, 0.25) is 0 Å². The first-order valence-corrected chi connectivity index (χ1v) is 2.64. The Bertz CT molecular complexity index is 119. The van der Waals surface area contributed by atoms with Gasteiger partial charge in [0.15, 0.2) is 0 Å². The zero-order chi connectivity index (χ0) is 7.11. The molecule has 0 aliphatic carbocycles. The summed E-state index contributed by atoms with van der Waals surface area (Å²) in [4.78, 5) is 3.39. The fourth-order valence-electron chi connectivity index (χ4n) is 0.301. The van der Waals surface area contributed by atoms with E-state index in [2.05, 4.69) is 10.3 Å². The van der Waals surface area contributed by atoms with Gasteiger partial charge in [-0.1, -0.05) is 0 Å². The molecule has 0 aromatic heterocycles. The molecular weight excluding hydrogens is 121 g/mol. The van der Waals surface area contributed by atoms with E-state index in [1.165, 1.54) is 12.4 Å². The highest BCUT2D eigenvalue weighted by atomic mass is 19.1. The van der Waals surface area contributed by atoms with Crippen molar-refractivity contribution in [1.29, 1.82) is 0 Å². The van der Waals surface area contributed by atoms with Gasteiger partial charge in [0.25, 0.3) is 6.09 Å². The van der Waals surface area contributed by atoms with E-state index in [1.807, 2.05) is 0 Å². The van der Waals surface area contributed by atoms with E-state index in [0.29, 0.717) is 6.54 Å². The summed E-state index contributed by atoms with van der Waals surface area (Å²) in [5.74, 6) is 0. The van der Waals surface area contributed by atoms with E-state index >= 15 is 0 Å². The summed E-state index contributed by atoms with van der Waals surface area (Å²) in [6.07, 6.45) is 1.86. The first-order chi connectivity index (χ1) is 4.31. The SMILES string of the molecule is CCN=C(F)N/C=C\N. The van der Waals surface area contributed by atoms with Crippen molar-refractivity contribution in [3.05, 3.63) is 12.4 Å². The van der Waals surface area contributed by atoms with Gasteiger partial charge in [-0.2, -0.15) is 4.39 Å². The average Bonchev–Trinajstić information content (AvgIpc) is 1.85. The molecule has 0 saturated carbocycles. The van der Waals surface area contributed by atoms with Crippen LogP contribution in [-0.4, -0.2) is 12.6 Å². The van der Waals surface area contributed by atoms with Crippen LogP contribution in [0.5, 0.6) is 0 Å². The van der Waals surface area contributed by atoms with Gasteiger partial charge in [0, 0.05) is 18.9 Å².